The van der Waals surface area contributed by atoms with Crippen molar-refractivity contribution in [3.05, 3.63) is 59.2 Å². The monoisotopic (exact) mass is 195 g/mol. The molecule has 0 aliphatic carbocycles. The second-order valence-corrected chi connectivity index (χ2v) is 4.07. The van der Waals surface area contributed by atoms with E-state index in [0.717, 1.165) is 6.42 Å². The highest BCUT2D eigenvalue weighted by atomic mass is 14.9. The number of anilines is 2. The van der Waals surface area contributed by atoms with E-state index in [2.05, 4.69) is 54.7 Å². The fourth-order valence-corrected chi connectivity index (χ4v) is 2.19. The van der Waals surface area contributed by atoms with Gasteiger partial charge < -0.3 is 5.32 Å². The van der Waals surface area contributed by atoms with Crippen molar-refractivity contribution in [3.8, 4) is 0 Å². The van der Waals surface area contributed by atoms with Crippen LogP contribution in [0.5, 0.6) is 0 Å². The molecule has 1 aliphatic rings. The van der Waals surface area contributed by atoms with Gasteiger partial charge in [-0.2, -0.15) is 0 Å². The van der Waals surface area contributed by atoms with Crippen LogP contribution in [0.1, 0.15) is 16.7 Å². The van der Waals surface area contributed by atoms with E-state index in [1.165, 1.54) is 28.1 Å². The molecule has 0 bridgehead atoms. The smallest absolute Gasteiger partial charge is 0.0449 e. The number of aryl methyl sites for hydroxylation is 1. The zero-order valence-electron chi connectivity index (χ0n) is 8.75. The van der Waals surface area contributed by atoms with Crippen LogP contribution in [0.4, 0.5) is 11.4 Å². The molecule has 0 amide bonds. The summed E-state index contributed by atoms with van der Waals surface area (Å²) >= 11 is 0. The number of rotatable bonds is 0. The standard InChI is InChI=1S/C14H13N/c1-10-5-4-7-12-9-11-6-2-3-8-13(11)15-14(10)12/h2-8,15H,9H2,1H3. The van der Waals surface area contributed by atoms with E-state index in [1.807, 2.05) is 0 Å². The average Bonchev–Trinajstić information content (AvgIpc) is 2.27. The Morgan fingerprint density at radius 1 is 0.933 bits per heavy atom. The van der Waals surface area contributed by atoms with Gasteiger partial charge in [-0.05, 0) is 29.7 Å². The molecule has 1 heterocycles. The van der Waals surface area contributed by atoms with E-state index in [0.29, 0.717) is 0 Å². The molecule has 0 atom stereocenters. The Morgan fingerprint density at radius 2 is 1.73 bits per heavy atom. The van der Waals surface area contributed by atoms with Gasteiger partial charge in [0.25, 0.3) is 0 Å². The zero-order valence-corrected chi connectivity index (χ0v) is 8.75. The first kappa shape index (κ1) is 8.54. The second-order valence-electron chi connectivity index (χ2n) is 4.07. The van der Waals surface area contributed by atoms with Crippen molar-refractivity contribution in [3.63, 3.8) is 0 Å². The summed E-state index contributed by atoms with van der Waals surface area (Å²) in [6.07, 6.45) is 1.04. The number of benzene rings is 2. The first-order chi connectivity index (χ1) is 7.34. The van der Waals surface area contributed by atoms with Crippen LogP contribution < -0.4 is 5.32 Å². The lowest BCUT2D eigenvalue weighted by Crippen LogP contribution is -2.07. The van der Waals surface area contributed by atoms with Gasteiger partial charge in [0, 0.05) is 17.8 Å². The minimum Gasteiger partial charge on any atom is -0.355 e. The summed E-state index contributed by atoms with van der Waals surface area (Å²) in [7, 11) is 0. The third kappa shape index (κ3) is 1.32. The minimum atomic E-state index is 1.04. The summed E-state index contributed by atoms with van der Waals surface area (Å²) in [5.41, 5.74) is 6.64. The molecule has 2 aromatic rings. The van der Waals surface area contributed by atoms with Gasteiger partial charge in [-0.1, -0.05) is 36.4 Å². The maximum Gasteiger partial charge on any atom is 0.0449 e. The van der Waals surface area contributed by atoms with Crippen molar-refractivity contribution >= 4 is 11.4 Å². The lowest BCUT2D eigenvalue weighted by atomic mass is 9.95. The fraction of sp³-hybridized carbons (Fsp3) is 0.143. The molecule has 15 heavy (non-hydrogen) atoms. The van der Waals surface area contributed by atoms with E-state index in [1.54, 1.807) is 0 Å². The zero-order chi connectivity index (χ0) is 10.3. The Balaban J connectivity index is 2.15. The highest BCUT2D eigenvalue weighted by Crippen LogP contribution is 2.34. The third-order valence-corrected chi connectivity index (χ3v) is 3.02. The summed E-state index contributed by atoms with van der Waals surface area (Å²) in [6, 6.07) is 15.0. The van der Waals surface area contributed by atoms with Gasteiger partial charge in [-0.15, -0.1) is 0 Å². The van der Waals surface area contributed by atoms with Gasteiger partial charge in [-0.25, -0.2) is 0 Å². The number of hydrogen-bond donors (Lipinski definition) is 1. The molecule has 0 fully saturated rings. The topological polar surface area (TPSA) is 12.0 Å². The number of nitrogens with one attached hydrogen (secondary N) is 1. The van der Waals surface area contributed by atoms with Gasteiger partial charge in [0.05, 0.1) is 0 Å². The minimum absolute atomic E-state index is 1.04. The van der Waals surface area contributed by atoms with Crippen LogP contribution in [0.2, 0.25) is 0 Å². The van der Waals surface area contributed by atoms with Crippen LogP contribution >= 0.6 is 0 Å². The first-order valence-electron chi connectivity index (χ1n) is 5.28. The predicted octanol–water partition coefficient (Wildman–Crippen LogP) is 3.64. The predicted molar refractivity (Wildman–Crippen MR) is 63.7 cm³/mol. The fourth-order valence-electron chi connectivity index (χ4n) is 2.19. The van der Waals surface area contributed by atoms with Crippen molar-refractivity contribution in [1.29, 1.82) is 0 Å². The number of para-hydroxylation sites is 2. The third-order valence-electron chi connectivity index (χ3n) is 3.02. The van der Waals surface area contributed by atoms with E-state index in [-0.39, 0.29) is 0 Å². The molecule has 0 radical (unpaired) electrons. The average molecular weight is 195 g/mol. The van der Waals surface area contributed by atoms with Crippen LogP contribution in [0, 0.1) is 6.92 Å². The van der Waals surface area contributed by atoms with Crippen molar-refractivity contribution in [1.82, 2.24) is 0 Å². The van der Waals surface area contributed by atoms with Gasteiger partial charge in [0.15, 0.2) is 0 Å². The Bertz CT molecular complexity index is 514. The molecule has 74 valence electrons. The van der Waals surface area contributed by atoms with E-state index in [9.17, 15) is 0 Å². The molecule has 3 rings (SSSR count). The van der Waals surface area contributed by atoms with Gasteiger partial charge in [0.2, 0.25) is 0 Å². The molecule has 1 heteroatoms. The SMILES string of the molecule is Cc1cccc2c1Nc1ccccc1C2. The van der Waals surface area contributed by atoms with E-state index >= 15 is 0 Å². The van der Waals surface area contributed by atoms with E-state index < -0.39 is 0 Å². The molecule has 0 saturated heterocycles. The van der Waals surface area contributed by atoms with Crippen molar-refractivity contribution in [2.45, 2.75) is 13.3 Å². The quantitative estimate of drug-likeness (QED) is 0.577. The largest absolute Gasteiger partial charge is 0.355 e. The molecular weight excluding hydrogens is 182 g/mol. The molecular formula is C14H13N. The molecule has 1 nitrogen and oxygen atoms in total. The molecule has 0 spiro atoms. The highest BCUT2D eigenvalue weighted by molar-refractivity contribution is 5.73. The van der Waals surface area contributed by atoms with Crippen molar-refractivity contribution in [2.75, 3.05) is 5.32 Å². The summed E-state index contributed by atoms with van der Waals surface area (Å²) < 4.78 is 0. The van der Waals surface area contributed by atoms with E-state index in [4.69, 9.17) is 0 Å². The normalized spacial score (nSPS) is 12.6. The van der Waals surface area contributed by atoms with Crippen molar-refractivity contribution < 1.29 is 0 Å². The lowest BCUT2D eigenvalue weighted by molar-refractivity contribution is 1.15. The van der Waals surface area contributed by atoms with Gasteiger partial charge in [-0.3, -0.25) is 0 Å². The lowest BCUT2D eigenvalue weighted by Gasteiger charge is -2.22. The van der Waals surface area contributed by atoms with Gasteiger partial charge in [0.1, 0.15) is 0 Å². The van der Waals surface area contributed by atoms with Gasteiger partial charge >= 0.3 is 0 Å². The Hall–Kier alpha value is -1.76. The molecule has 0 saturated carbocycles. The number of hydrogen-bond acceptors (Lipinski definition) is 1. The Labute approximate surface area is 89.8 Å². The van der Waals surface area contributed by atoms with Crippen LogP contribution in [0.15, 0.2) is 42.5 Å². The summed E-state index contributed by atoms with van der Waals surface area (Å²) in [5, 5.41) is 3.51. The molecule has 0 unspecified atom stereocenters. The van der Waals surface area contributed by atoms with Crippen LogP contribution in [-0.4, -0.2) is 0 Å². The number of fused-ring (bicyclic) bond motifs is 2. The Morgan fingerprint density at radius 3 is 2.67 bits per heavy atom. The summed E-state index contributed by atoms with van der Waals surface area (Å²) in [6.45, 7) is 2.15. The van der Waals surface area contributed by atoms with Crippen LogP contribution in [0.3, 0.4) is 0 Å². The summed E-state index contributed by atoms with van der Waals surface area (Å²) in [4.78, 5) is 0. The first-order valence-corrected chi connectivity index (χ1v) is 5.28. The molecule has 1 N–H and O–H groups in total. The van der Waals surface area contributed by atoms with Crippen molar-refractivity contribution in [2.24, 2.45) is 0 Å². The molecule has 2 aromatic carbocycles. The second kappa shape index (κ2) is 3.13. The van der Waals surface area contributed by atoms with Crippen LogP contribution in [-0.2, 0) is 6.42 Å². The molecule has 0 aromatic heterocycles. The Kier molecular flexibility index (Phi) is 1.78. The molecule has 1 aliphatic heterocycles. The highest BCUT2D eigenvalue weighted by Gasteiger charge is 2.14. The maximum atomic E-state index is 3.51. The van der Waals surface area contributed by atoms with Crippen LogP contribution in [0.25, 0.3) is 0 Å². The summed E-state index contributed by atoms with van der Waals surface area (Å²) in [5.74, 6) is 0. The maximum absolute atomic E-state index is 3.51.